The predicted octanol–water partition coefficient (Wildman–Crippen LogP) is 5.66. The summed E-state index contributed by atoms with van der Waals surface area (Å²) in [4.78, 5) is 0. The Balaban J connectivity index is 1.87. The van der Waals surface area contributed by atoms with Crippen LogP contribution in [-0.4, -0.2) is 0 Å². The van der Waals surface area contributed by atoms with Crippen LogP contribution in [0.4, 0.5) is 0 Å². The number of hydrogen-bond donors (Lipinski definition) is 0. The van der Waals surface area contributed by atoms with Gasteiger partial charge in [0.1, 0.15) is 5.76 Å². The smallest absolute Gasteiger partial charge is 0.181 e. The van der Waals surface area contributed by atoms with Crippen LogP contribution in [0.1, 0.15) is 44.3 Å². The second-order valence-electron chi connectivity index (χ2n) is 5.56. The summed E-state index contributed by atoms with van der Waals surface area (Å²) in [5.41, 5.74) is 1.12. The first kappa shape index (κ1) is 14.7. The van der Waals surface area contributed by atoms with Crippen molar-refractivity contribution in [2.75, 3.05) is 0 Å². The molecule has 2 nitrogen and oxygen atoms in total. The zero-order valence-electron chi connectivity index (χ0n) is 13.0. The highest BCUT2D eigenvalue weighted by Crippen LogP contribution is 2.41. The molecule has 2 heteroatoms. The van der Waals surface area contributed by atoms with Gasteiger partial charge in [0.2, 0.25) is 0 Å². The van der Waals surface area contributed by atoms with Gasteiger partial charge in [0.15, 0.2) is 17.6 Å². The summed E-state index contributed by atoms with van der Waals surface area (Å²) in [6.07, 6.45) is 6.72. The highest BCUT2D eigenvalue weighted by Gasteiger charge is 2.27. The Morgan fingerprint density at radius 2 is 1.64 bits per heavy atom. The van der Waals surface area contributed by atoms with Crippen LogP contribution in [0.2, 0.25) is 0 Å². The van der Waals surface area contributed by atoms with Crippen LogP contribution in [0.5, 0.6) is 11.5 Å². The molecule has 1 aliphatic heterocycles. The average molecular weight is 294 g/mol. The van der Waals surface area contributed by atoms with E-state index in [1.54, 1.807) is 0 Å². The van der Waals surface area contributed by atoms with Crippen LogP contribution in [0, 0.1) is 0 Å². The van der Waals surface area contributed by atoms with Crippen LogP contribution in [0.15, 0.2) is 66.4 Å². The second-order valence-corrected chi connectivity index (χ2v) is 5.56. The Hall–Kier alpha value is -2.22. The molecule has 1 aliphatic rings. The van der Waals surface area contributed by atoms with Crippen LogP contribution in [0.25, 0.3) is 0 Å². The summed E-state index contributed by atoms with van der Waals surface area (Å²) in [7, 11) is 0. The van der Waals surface area contributed by atoms with Crippen molar-refractivity contribution in [1.82, 2.24) is 0 Å². The number of ether oxygens (including phenoxy) is 2. The van der Waals surface area contributed by atoms with E-state index in [4.69, 9.17) is 9.47 Å². The summed E-state index contributed by atoms with van der Waals surface area (Å²) in [5.74, 6) is 2.51. The van der Waals surface area contributed by atoms with Crippen molar-refractivity contribution in [2.45, 2.75) is 38.7 Å². The Bertz CT molecular complexity index is 631. The predicted molar refractivity (Wildman–Crippen MR) is 89.1 cm³/mol. The molecule has 114 valence electrons. The van der Waals surface area contributed by atoms with Gasteiger partial charge in [-0.05, 0) is 31.1 Å². The highest BCUT2D eigenvalue weighted by atomic mass is 16.6. The van der Waals surface area contributed by atoms with Gasteiger partial charge in [-0.3, -0.25) is 0 Å². The number of para-hydroxylation sites is 2. The first-order valence-electron chi connectivity index (χ1n) is 8.07. The number of rotatable bonds is 5. The lowest BCUT2D eigenvalue weighted by Gasteiger charge is -2.29. The molecule has 22 heavy (non-hydrogen) atoms. The molecule has 2 aromatic rings. The zero-order chi connectivity index (χ0) is 15.2. The van der Waals surface area contributed by atoms with E-state index in [0.29, 0.717) is 0 Å². The number of unbranched alkanes of at least 4 members (excludes halogenated alkanes) is 3. The van der Waals surface area contributed by atoms with E-state index in [-0.39, 0.29) is 6.10 Å². The first-order chi connectivity index (χ1) is 10.9. The number of benzene rings is 2. The van der Waals surface area contributed by atoms with Gasteiger partial charge in [0.05, 0.1) is 0 Å². The van der Waals surface area contributed by atoms with Crippen molar-refractivity contribution in [3.63, 3.8) is 0 Å². The van der Waals surface area contributed by atoms with Crippen molar-refractivity contribution in [2.24, 2.45) is 0 Å². The minimum absolute atomic E-state index is 0.155. The molecule has 0 aromatic heterocycles. The zero-order valence-corrected chi connectivity index (χ0v) is 13.0. The number of allylic oxidation sites excluding steroid dienone is 1. The highest BCUT2D eigenvalue weighted by molar-refractivity contribution is 5.45. The third-order valence-corrected chi connectivity index (χ3v) is 3.84. The average Bonchev–Trinajstić information content (AvgIpc) is 2.59. The Morgan fingerprint density at radius 1 is 0.909 bits per heavy atom. The molecule has 0 saturated heterocycles. The van der Waals surface area contributed by atoms with Crippen LogP contribution < -0.4 is 9.47 Å². The second kappa shape index (κ2) is 7.17. The molecule has 0 N–H and O–H groups in total. The summed E-state index contributed by atoms with van der Waals surface area (Å²) in [6, 6.07) is 18.1. The fourth-order valence-corrected chi connectivity index (χ4v) is 2.64. The van der Waals surface area contributed by atoms with Gasteiger partial charge >= 0.3 is 0 Å². The summed E-state index contributed by atoms with van der Waals surface area (Å²) < 4.78 is 12.3. The molecule has 1 unspecified atom stereocenters. The van der Waals surface area contributed by atoms with Gasteiger partial charge in [-0.1, -0.05) is 62.2 Å². The molecule has 0 radical (unpaired) electrons. The van der Waals surface area contributed by atoms with Crippen molar-refractivity contribution in [3.8, 4) is 11.5 Å². The van der Waals surface area contributed by atoms with Gasteiger partial charge in [-0.15, -0.1) is 0 Å². The molecule has 0 saturated carbocycles. The van der Waals surface area contributed by atoms with Crippen molar-refractivity contribution in [1.29, 1.82) is 0 Å². The Labute approximate surface area is 132 Å². The number of hydrogen-bond acceptors (Lipinski definition) is 2. The van der Waals surface area contributed by atoms with E-state index in [2.05, 4.69) is 25.1 Å². The summed E-state index contributed by atoms with van der Waals surface area (Å²) in [5, 5.41) is 0. The van der Waals surface area contributed by atoms with Crippen LogP contribution in [-0.2, 0) is 0 Å². The van der Waals surface area contributed by atoms with Crippen molar-refractivity contribution < 1.29 is 9.47 Å². The van der Waals surface area contributed by atoms with E-state index in [0.717, 1.165) is 29.2 Å². The van der Waals surface area contributed by atoms with Gasteiger partial charge in [0, 0.05) is 5.56 Å². The Morgan fingerprint density at radius 3 is 2.41 bits per heavy atom. The van der Waals surface area contributed by atoms with Crippen molar-refractivity contribution >= 4 is 0 Å². The fourth-order valence-electron chi connectivity index (χ4n) is 2.64. The van der Waals surface area contributed by atoms with Crippen LogP contribution >= 0.6 is 0 Å². The van der Waals surface area contributed by atoms with Gasteiger partial charge in [0.25, 0.3) is 0 Å². The molecule has 3 rings (SSSR count). The quantitative estimate of drug-likeness (QED) is 0.662. The summed E-state index contributed by atoms with van der Waals surface area (Å²) in [6.45, 7) is 2.22. The molecule has 0 aliphatic carbocycles. The lowest BCUT2D eigenvalue weighted by molar-refractivity contribution is 0.147. The molecular weight excluding hydrogens is 272 g/mol. The fraction of sp³-hybridized carbons (Fsp3) is 0.300. The maximum absolute atomic E-state index is 6.19. The lowest BCUT2D eigenvalue weighted by Crippen LogP contribution is -2.19. The maximum Gasteiger partial charge on any atom is 0.181 e. The molecule has 0 spiro atoms. The molecular formula is C20H22O2. The first-order valence-corrected chi connectivity index (χ1v) is 8.07. The van der Waals surface area contributed by atoms with Gasteiger partial charge in [-0.2, -0.15) is 0 Å². The molecule has 0 amide bonds. The Kier molecular flexibility index (Phi) is 4.79. The summed E-state index contributed by atoms with van der Waals surface area (Å²) >= 11 is 0. The maximum atomic E-state index is 6.19. The van der Waals surface area contributed by atoms with E-state index in [1.807, 2.05) is 42.5 Å². The molecule has 2 aromatic carbocycles. The largest absolute Gasteiger partial charge is 0.474 e. The number of fused-ring (bicyclic) bond motifs is 1. The monoisotopic (exact) mass is 294 g/mol. The minimum atomic E-state index is -0.155. The molecule has 0 fully saturated rings. The van der Waals surface area contributed by atoms with E-state index < -0.39 is 0 Å². The standard InChI is InChI=1S/C20H22O2/c1-2-3-4-8-15-19-20(16-11-6-5-7-12-16)22-18-14-10-9-13-17(18)21-19/h5-7,9-15,20H,2-4,8H2,1H3. The van der Waals surface area contributed by atoms with Gasteiger partial charge < -0.3 is 9.47 Å². The molecule has 1 heterocycles. The lowest BCUT2D eigenvalue weighted by atomic mass is 10.0. The van der Waals surface area contributed by atoms with E-state index in [9.17, 15) is 0 Å². The van der Waals surface area contributed by atoms with Gasteiger partial charge in [-0.25, -0.2) is 0 Å². The van der Waals surface area contributed by atoms with Crippen LogP contribution in [0.3, 0.4) is 0 Å². The molecule has 1 atom stereocenters. The van der Waals surface area contributed by atoms with E-state index in [1.165, 1.54) is 19.3 Å². The normalized spacial score (nSPS) is 18.4. The third-order valence-electron chi connectivity index (χ3n) is 3.84. The van der Waals surface area contributed by atoms with E-state index >= 15 is 0 Å². The van der Waals surface area contributed by atoms with Crippen molar-refractivity contribution in [3.05, 3.63) is 72.0 Å². The third kappa shape index (κ3) is 3.33. The SMILES string of the molecule is CCCCCC=C1Oc2ccccc2OC1c1ccccc1. The minimum Gasteiger partial charge on any atom is -0.474 e. The topological polar surface area (TPSA) is 18.5 Å². The molecule has 0 bridgehead atoms.